The molecule has 0 unspecified atom stereocenters. The molecule has 0 aliphatic carbocycles. The van der Waals surface area contributed by atoms with Gasteiger partial charge in [-0.2, -0.15) is 0 Å². The molecule has 0 spiro atoms. The maximum atomic E-state index is 12.4. The maximum Gasteiger partial charge on any atom is 0.264 e. The van der Waals surface area contributed by atoms with Gasteiger partial charge in [-0.25, -0.2) is 0 Å². The first kappa shape index (κ1) is 15.0. The fraction of sp³-hybridized carbons (Fsp3) is 0.533. The predicted octanol–water partition coefficient (Wildman–Crippen LogP) is 1.26. The summed E-state index contributed by atoms with van der Waals surface area (Å²) >= 11 is 1.41. The summed E-state index contributed by atoms with van der Waals surface area (Å²) in [6, 6.07) is 1.83. The van der Waals surface area contributed by atoms with Crippen LogP contribution in [-0.2, 0) is 0 Å². The standard InChI is InChI=1S/C15H20N2O2S/c1-16(9-10-17-7-2-3-8-17)15(19)14-13(5-4-11-18)6-12-20-14/h6,12,18H,2-3,7-11H2,1H3. The Balaban J connectivity index is 1.94. The van der Waals surface area contributed by atoms with E-state index in [0.29, 0.717) is 10.4 Å². The van der Waals surface area contributed by atoms with Crippen molar-refractivity contribution in [2.24, 2.45) is 0 Å². The van der Waals surface area contributed by atoms with Crippen molar-refractivity contribution in [1.29, 1.82) is 0 Å². The molecule has 1 aliphatic heterocycles. The third-order valence-electron chi connectivity index (χ3n) is 3.46. The minimum absolute atomic E-state index is 0.0152. The first-order chi connectivity index (χ1) is 9.72. The molecule has 20 heavy (non-hydrogen) atoms. The van der Waals surface area contributed by atoms with Gasteiger partial charge in [0.1, 0.15) is 11.5 Å². The van der Waals surface area contributed by atoms with Crippen molar-refractivity contribution in [3.63, 3.8) is 0 Å². The molecule has 4 nitrogen and oxygen atoms in total. The molecule has 1 aromatic heterocycles. The van der Waals surface area contributed by atoms with Gasteiger partial charge in [0.2, 0.25) is 0 Å². The molecule has 0 aromatic carbocycles. The van der Waals surface area contributed by atoms with Gasteiger partial charge in [-0.05, 0) is 37.4 Å². The Morgan fingerprint density at radius 1 is 1.50 bits per heavy atom. The van der Waals surface area contributed by atoms with E-state index in [-0.39, 0.29) is 12.5 Å². The number of likely N-dealkylation sites (N-methyl/N-ethyl adjacent to an activating group) is 1. The van der Waals surface area contributed by atoms with Crippen LogP contribution in [-0.4, -0.2) is 60.6 Å². The highest BCUT2D eigenvalue weighted by molar-refractivity contribution is 7.12. The Kier molecular flexibility index (Phi) is 5.60. The molecule has 0 radical (unpaired) electrons. The highest BCUT2D eigenvalue weighted by Gasteiger charge is 2.18. The summed E-state index contributed by atoms with van der Waals surface area (Å²) in [6.45, 7) is 3.78. The maximum absolute atomic E-state index is 12.4. The van der Waals surface area contributed by atoms with Gasteiger partial charge < -0.3 is 14.9 Å². The minimum Gasteiger partial charge on any atom is -0.384 e. The lowest BCUT2D eigenvalue weighted by atomic mass is 10.2. The molecule has 1 aliphatic rings. The van der Waals surface area contributed by atoms with Gasteiger partial charge in [0.25, 0.3) is 5.91 Å². The molecular weight excluding hydrogens is 272 g/mol. The molecule has 1 amide bonds. The van der Waals surface area contributed by atoms with Gasteiger partial charge in [0, 0.05) is 25.7 Å². The zero-order valence-electron chi connectivity index (χ0n) is 11.8. The minimum atomic E-state index is -0.186. The number of carbonyl (C=O) groups is 1. The second-order valence-corrected chi connectivity index (χ2v) is 5.81. The first-order valence-corrected chi connectivity index (χ1v) is 7.75. The molecule has 0 saturated carbocycles. The van der Waals surface area contributed by atoms with E-state index in [4.69, 9.17) is 5.11 Å². The molecule has 1 aromatic rings. The van der Waals surface area contributed by atoms with E-state index in [1.54, 1.807) is 4.90 Å². The fourth-order valence-electron chi connectivity index (χ4n) is 2.28. The molecule has 0 atom stereocenters. The summed E-state index contributed by atoms with van der Waals surface area (Å²) in [4.78, 5) is 17.2. The largest absolute Gasteiger partial charge is 0.384 e. The summed E-state index contributed by atoms with van der Waals surface area (Å²) in [5.41, 5.74) is 0.710. The van der Waals surface area contributed by atoms with Crippen LogP contribution < -0.4 is 0 Å². The van der Waals surface area contributed by atoms with E-state index in [9.17, 15) is 4.79 Å². The number of rotatable bonds is 4. The van der Waals surface area contributed by atoms with Crippen molar-refractivity contribution in [3.05, 3.63) is 21.9 Å². The Hall–Kier alpha value is -1.35. The van der Waals surface area contributed by atoms with Crippen molar-refractivity contribution in [2.45, 2.75) is 12.8 Å². The monoisotopic (exact) mass is 292 g/mol. The van der Waals surface area contributed by atoms with Crippen LogP contribution in [0.3, 0.4) is 0 Å². The highest BCUT2D eigenvalue weighted by Crippen LogP contribution is 2.18. The zero-order valence-corrected chi connectivity index (χ0v) is 12.6. The lowest BCUT2D eigenvalue weighted by Crippen LogP contribution is -2.35. The number of thiophene rings is 1. The van der Waals surface area contributed by atoms with E-state index in [1.807, 2.05) is 18.5 Å². The van der Waals surface area contributed by atoms with Crippen LogP contribution in [0.2, 0.25) is 0 Å². The number of aliphatic hydroxyl groups excluding tert-OH is 1. The third-order valence-corrected chi connectivity index (χ3v) is 4.36. The van der Waals surface area contributed by atoms with Crippen LogP contribution >= 0.6 is 11.3 Å². The first-order valence-electron chi connectivity index (χ1n) is 6.87. The summed E-state index contributed by atoms with van der Waals surface area (Å²) in [7, 11) is 1.83. The fourth-order valence-corrected chi connectivity index (χ4v) is 3.12. The molecule has 2 rings (SSSR count). The van der Waals surface area contributed by atoms with E-state index < -0.39 is 0 Å². The Labute approximate surface area is 124 Å². The van der Waals surface area contributed by atoms with Gasteiger partial charge in [0.15, 0.2) is 0 Å². The Morgan fingerprint density at radius 2 is 2.25 bits per heavy atom. The second kappa shape index (κ2) is 7.44. The number of amides is 1. The molecule has 108 valence electrons. The lowest BCUT2D eigenvalue weighted by molar-refractivity contribution is 0.0787. The summed E-state index contributed by atoms with van der Waals surface area (Å²) in [5, 5.41) is 10.6. The van der Waals surface area contributed by atoms with Gasteiger partial charge in [0.05, 0.1) is 0 Å². The van der Waals surface area contributed by atoms with E-state index in [1.165, 1.54) is 24.2 Å². The third kappa shape index (κ3) is 3.83. The molecular formula is C15H20N2O2S. The quantitative estimate of drug-likeness (QED) is 0.850. The van der Waals surface area contributed by atoms with Gasteiger partial charge in [-0.1, -0.05) is 11.8 Å². The topological polar surface area (TPSA) is 43.8 Å². The molecule has 2 heterocycles. The summed E-state index contributed by atoms with van der Waals surface area (Å²) < 4.78 is 0. The lowest BCUT2D eigenvalue weighted by Gasteiger charge is -2.21. The molecule has 0 bridgehead atoms. The predicted molar refractivity (Wildman–Crippen MR) is 80.9 cm³/mol. The number of likely N-dealkylation sites (tertiary alicyclic amines) is 1. The zero-order chi connectivity index (χ0) is 14.4. The van der Waals surface area contributed by atoms with Crippen LogP contribution in [0.15, 0.2) is 11.4 Å². The van der Waals surface area contributed by atoms with Crippen molar-refractivity contribution >= 4 is 17.2 Å². The van der Waals surface area contributed by atoms with Gasteiger partial charge >= 0.3 is 0 Å². The number of nitrogens with zero attached hydrogens (tertiary/aromatic N) is 2. The van der Waals surface area contributed by atoms with Crippen molar-refractivity contribution in [3.8, 4) is 11.8 Å². The van der Waals surface area contributed by atoms with Gasteiger partial charge in [-0.15, -0.1) is 11.3 Å². The Bertz CT molecular complexity index is 509. The van der Waals surface area contributed by atoms with Crippen molar-refractivity contribution in [1.82, 2.24) is 9.80 Å². The van der Waals surface area contributed by atoms with Crippen LogP contribution in [0.5, 0.6) is 0 Å². The van der Waals surface area contributed by atoms with Crippen molar-refractivity contribution < 1.29 is 9.90 Å². The second-order valence-electron chi connectivity index (χ2n) is 4.90. The molecule has 1 saturated heterocycles. The smallest absolute Gasteiger partial charge is 0.264 e. The molecule has 1 N–H and O–H groups in total. The normalized spacial score (nSPS) is 14.9. The average Bonchev–Trinajstić information content (AvgIpc) is 3.12. The SMILES string of the molecule is CN(CCN1CCCC1)C(=O)c1sccc1C#CCO. The Morgan fingerprint density at radius 3 is 2.95 bits per heavy atom. The number of aliphatic hydroxyl groups is 1. The molecule has 5 heteroatoms. The van der Waals surface area contributed by atoms with Crippen molar-refractivity contribution in [2.75, 3.05) is 39.8 Å². The highest BCUT2D eigenvalue weighted by atomic mass is 32.1. The van der Waals surface area contributed by atoms with E-state index in [2.05, 4.69) is 16.7 Å². The number of hydrogen-bond acceptors (Lipinski definition) is 4. The average molecular weight is 292 g/mol. The van der Waals surface area contributed by atoms with Crippen LogP contribution in [0.4, 0.5) is 0 Å². The summed E-state index contributed by atoms with van der Waals surface area (Å²) in [5.74, 6) is 5.44. The van der Waals surface area contributed by atoms with Crippen LogP contribution in [0.25, 0.3) is 0 Å². The summed E-state index contributed by atoms with van der Waals surface area (Å²) in [6.07, 6.45) is 2.53. The van der Waals surface area contributed by atoms with Gasteiger partial charge in [-0.3, -0.25) is 4.79 Å². The van der Waals surface area contributed by atoms with E-state index in [0.717, 1.165) is 26.2 Å². The molecule has 1 fully saturated rings. The van der Waals surface area contributed by atoms with Crippen LogP contribution in [0.1, 0.15) is 28.1 Å². The van der Waals surface area contributed by atoms with E-state index >= 15 is 0 Å². The number of hydrogen-bond donors (Lipinski definition) is 1. The van der Waals surface area contributed by atoms with Crippen LogP contribution in [0, 0.1) is 11.8 Å². The number of carbonyl (C=O) groups excluding carboxylic acids is 1.